The van der Waals surface area contributed by atoms with Gasteiger partial charge in [0.05, 0.1) is 38.3 Å². The molecular formula is C70H92N10O9S. The molecule has 2 bridgehead atoms. The number of hydrogen-bond donors (Lipinski definition) is 7. The number of nitrogens with one attached hydrogen (secondary N) is 4. The summed E-state index contributed by atoms with van der Waals surface area (Å²) in [5, 5.41) is 24.5. The minimum Gasteiger partial charge on any atom is -0.378 e. The summed E-state index contributed by atoms with van der Waals surface area (Å²) in [6, 6.07) is 42.5. The Balaban J connectivity index is 1.24. The molecule has 3 aliphatic rings. The molecule has 90 heavy (non-hydrogen) atoms. The molecule has 9 N–H and O–H groups in total. The van der Waals surface area contributed by atoms with E-state index in [0.717, 1.165) is 40.7 Å². The maximum Gasteiger partial charge on any atom is 0.251 e. The third kappa shape index (κ3) is 25.2. The molecule has 1 unspecified atom stereocenters. The normalized spacial score (nSPS) is 20.0. The van der Waals surface area contributed by atoms with Crippen LogP contribution < -0.4 is 32.7 Å². The summed E-state index contributed by atoms with van der Waals surface area (Å²) in [5.41, 5.74) is 16.6. The van der Waals surface area contributed by atoms with Gasteiger partial charge in [-0.05, 0) is 116 Å². The average Bonchev–Trinajstić information content (AvgIpc) is 2.30. The summed E-state index contributed by atoms with van der Waals surface area (Å²) in [7, 11) is 0. The first-order valence-electron chi connectivity index (χ1n) is 31.7. The number of nitrogens with zero attached hydrogens (tertiary/aromatic N) is 4. The lowest BCUT2D eigenvalue weighted by atomic mass is 10.0. The summed E-state index contributed by atoms with van der Waals surface area (Å²) in [4.78, 5) is 120. The molecule has 5 aromatic rings. The number of fused-ring (bicyclic) bond motifs is 29. The van der Waals surface area contributed by atoms with Crippen LogP contribution >= 0.6 is 11.8 Å². The lowest BCUT2D eigenvalue weighted by Crippen LogP contribution is -2.55. The van der Waals surface area contributed by atoms with Gasteiger partial charge in [0.2, 0.25) is 41.4 Å². The molecule has 0 saturated heterocycles. The summed E-state index contributed by atoms with van der Waals surface area (Å²) in [6.07, 6.45) is 3.43. The number of carbonyl (C=O) groups is 8. The highest BCUT2D eigenvalue weighted by Gasteiger charge is 2.33. The van der Waals surface area contributed by atoms with E-state index in [1.165, 1.54) is 26.5 Å². The number of aliphatic hydroxyl groups is 1. The largest absolute Gasteiger partial charge is 0.378 e. The maximum atomic E-state index is 14.8. The second-order valence-corrected chi connectivity index (χ2v) is 25.5. The van der Waals surface area contributed by atoms with Gasteiger partial charge in [-0.2, -0.15) is 11.8 Å². The van der Waals surface area contributed by atoms with Gasteiger partial charge in [-0.25, -0.2) is 0 Å². The van der Waals surface area contributed by atoms with Crippen molar-refractivity contribution in [3.05, 3.63) is 179 Å². The van der Waals surface area contributed by atoms with Gasteiger partial charge in [0.15, 0.2) is 0 Å². The van der Waals surface area contributed by atoms with Crippen molar-refractivity contribution in [2.24, 2.45) is 23.3 Å². The Labute approximate surface area is 534 Å². The Morgan fingerprint density at radius 3 is 1.61 bits per heavy atom. The van der Waals surface area contributed by atoms with Crippen molar-refractivity contribution in [2.45, 2.75) is 127 Å². The van der Waals surface area contributed by atoms with Gasteiger partial charge < -0.3 is 52.5 Å². The zero-order chi connectivity index (χ0) is 64.2. The number of hydrogen-bond acceptors (Lipinski definition) is 12. The van der Waals surface area contributed by atoms with E-state index < -0.39 is 60.6 Å². The molecule has 1 saturated carbocycles. The predicted molar refractivity (Wildman–Crippen MR) is 351 cm³/mol. The van der Waals surface area contributed by atoms with Gasteiger partial charge in [-0.1, -0.05) is 147 Å². The van der Waals surface area contributed by atoms with E-state index in [2.05, 4.69) is 21.3 Å². The third-order valence-corrected chi connectivity index (χ3v) is 17.1. The molecule has 1 aliphatic carbocycles. The van der Waals surface area contributed by atoms with Crippen molar-refractivity contribution in [2.75, 3.05) is 64.7 Å². The van der Waals surface area contributed by atoms with Crippen LogP contribution in [0.4, 0.5) is 0 Å². The van der Waals surface area contributed by atoms with Crippen molar-refractivity contribution in [3.8, 4) is 0 Å². The van der Waals surface area contributed by atoms with Crippen LogP contribution in [0, 0.1) is 11.8 Å². The highest BCUT2D eigenvalue weighted by atomic mass is 32.2. The van der Waals surface area contributed by atoms with Crippen LogP contribution in [0.15, 0.2) is 146 Å². The molecule has 2 heterocycles. The van der Waals surface area contributed by atoms with Gasteiger partial charge in [0.25, 0.3) is 5.91 Å². The fourth-order valence-electron chi connectivity index (χ4n) is 11.4. The number of nitrogens with two attached hydrogens (primary N) is 2. The number of aliphatic hydroxyl groups excluding tert-OH is 1. The molecule has 0 radical (unpaired) electrons. The van der Waals surface area contributed by atoms with Crippen LogP contribution in [0.1, 0.15) is 103 Å². The standard InChI is InChI=1S/C70H92N10O9S/c1-50(2)36-58-41-79(67(86)32-29-51-16-7-3-8-17-51)47-64(83)75-60(38-53-20-11-5-12-21-53)43-80(69(88)40-55-25-26-55)48-65(84)74-59(37-52-18-9-4-10-19-52)42-77(45-62(72)81)68(87)33-35-90-49-56-27-30-57(31-28-56)70(89)76-61(39-54-22-13-6-14-23-54)44-78(46-63(82)73-58)66(85)24-15-34-71/h3-14,16-23,27-28,30-31,50,55,58-61,66,85H,15,24-26,29,32-49,71H2,1-2H3,(H2,72,81)(H,73,82)(H,74,84)(H,75,83)(H,76,89)/t58-,59-,60-,61-,66?/m0/s1. The number of carbonyl (C=O) groups excluding carboxylic acids is 8. The molecule has 482 valence electrons. The molecule has 0 aromatic heterocycles. The number of aryl methyl sites for hydroxylation is 1. The van der Waals surface area contributed by atoms with Gasteiger partial charge >= 0.3 is 0 Å². The van der Waals surface area contributed by atoms with Crippen LogP contribution in [-0.2, 0) is 65.0 Å². The smallest absolute Gasteiger partial charge is 0.251 e. The van der Waals surface area contributed by atoms with Gasteiger partial charge in [-0.15, -0.1) is 0 Å². The van der Waals surface area contributed by atoms with Crippen molar-refractivity contribution in [3.63, 3.8) is 0 Å². The second-order valence-electron chi connectivity index (χ2n) is 24.4. The van der Waals surface area contributed by atoms with E-state index in [1.54, 1.807) is 17.0 Å². The van der Waals surface area contributed by atoms with E-state index in [4.69, 9.17) is 11.5 Å². The first kappa shape index (κ1) is 69.6. The van der Waals surface area contributed by atoms with Crippen LogP contribution in [0.25, 0.3) is 0 Å². The lowest BCUT2D eigenvalue weighted by Gasteiger charge is -2.33. The average molecular weight is 1250 g/mol. The first-order chi connectivity index (χ1) is 43.4. The van der Waals surface area contributed by atoms with Gasteiger partial charge in [0.1, 0.15) is 6.23 Å². The molecule has 5 atom stereocenters. The zero-order valence-electron chi connectivity index (χ0n) is 52.2. The minimum atomic E-state index is -1.12. The highest BCUT2D eigenvalue weighted by Crippen LogP contribution is 2.33. The Morgan fingerprint density at radius 2 is 1.09 bits per heavy atom. The number of benzene rings is 5. The Bertz CT molecular complexity index is 3070. The number of rotatable bonds is 19. The van der Waals surface area contributed by atoms with E-state index in [-0.39, 0.29) is 120 Å². The monoisotopic (exact) mass is 1250 g/mol. The van der Waals surface area contributed by atoms with Gasteiger partial charge in [-0.3, -0.25) is 43.3 Å². The summed E-state index contributed by atoms with van der Waals surface area (Å²) in [6.45, 7) is 2.82. The zero-order valence-corrected chi connectivity index (χ0v) is 53.0. The maximum absolute atomic E-state index is 14.8. The lowest BCUT2D eigenvalue weighted by molar-refractivity contribution is -0.138. The molecular weight excluding hydrogens is 1160 g/mol. The topological polar surface area (TPSA) is 270 Å². The van der Waals surface area contributed by atoms with Crippen LogP contribution in [0.5, 0.6) is 0 Å². The Hall–Kier alpha value is -7.91. The van der Waals surface area contributed by atoms with E-state index >= 15 is 0 Å². The summed E-state index contributed by atoms with van der Waals surface area (Å²) in [5.74, 6) is -2.35. The molecule has 19 nitrogen and oxygen atoms in total. The van der Waals surface area contributed by atoms with Crippen LogP contribution in [0.2, 0.25) is 0 Å². The van der Waals surface area contributed by atoms with Gasteiger partial charge in [0, 0.05) is 74.6 Å². The second kappa shape index (κ2) is 36.7. The molecule has 8 rings (SSSR count). The number of thioether (sulfide) groups is 1. The first-order valence-corrected chi connectivity index (χ1v) is 32.9. The molecule has 5 aromatic carbocycles. The molecule has 8 amide bonds. The fourth-order valence-corrected chi connectivity index (χ4v) is 12.3. The van der Waals surface area contributed by atoms with Crippen molar-refractivity contribution >= 4 is 59.0 Å². The van der Waals surface area contributed by atoms with E-state index in [0.29, 0.717) is 49.3 Å². The quantitative estimate of drug-likeness (QED) is 0.0512. The molecule has 2 aliphatic heterocycles. The Morgan fingerprint density at radius 1 is 0.600 bits per heavy atom. The Kier molecular flexibility index (Phi) is 28.3. The van der Waals surface area contributed by atoms with Crippen LogP contribution in [0.3, 0.4) is 0 Å². The summed E-state index contributed by atoms with van der Waals surface area (Å²) < 4.78 is 0. The minimum absolute atomic E-state index is 0.0310. The SMILES string of the molecule is CC(C)C[C@H]1CN(C(=O)CCc2ccccc2)CC(=O)N[C@@H](Cc2ccccc2)CN(C(=O)CC2CC2)CC(=O)N[C@@H](Cc2ccccc2)CN(CC(N)=O)C(=O)CCSCc2ccc(cc2)C(=O)N[C@@H](Cc2ccccc2)CN(C(O)CCCN)CC(=O)N1. The third-order valence-electron chi connectivity index (χ3n) is 16.0. The molecule has 1 fully saturated rings. The summed E-state index contributed by atoms with van der Waals surface area (Å²) >= 11 is 1.50. The van der Waals surface area contributed by atoms with Crippen molar-refractivity contribution < 1.29 is 43.5 Å². The molecule has 0 spiro atoms. The highest BCUT2D eigenvalue weighted by molar-refractivity contribution is 7.98. The fraction of sp³-hybridized carbons (Fsp3) is 0.457. The number of primary amides is 1. The van der Waals surface area contributed by atoms with Crippen molar-refractivity contribution in [1.29, 1.82) is 0 Å². The molecule has 20 heteroatoms. The van der Waals surface area contributed by atoms with Crippen molar-refractivity contribution in [1.82, 2.24) is 40.9 Å². The van der Waals surface area contributed by atoms with E-state index in [9.17, 15) is 43.5 Å². The predicted octanol–water partition coefficient (Wildman–Crippen LogP) is 5.41. The van der Waals surface area contributed by atoms with Crippen LogP contribution in [-0.4, -0.2) is 167 Å². The number of amides is 8. The van der Waals surface area contributed by atoms with E-state index in [1.807, 2.05) is 147 Å².